The maximum atomic E-state index is 15.0. The molecule has 1 fully saturated rings. The van der Waals surface area contributed by atoms with E-state index in [9.17, 15) is 14.0 Å². The van der Waals surface area contributed by atoms with Crippen LogP contribution in [0.5, 0.6) is 0 Å². The SMILES string of the molecule is COC(=O)c1cc(C#CC2(F)CCN(C(=O)OC(C)(C)C)CC2)cc(C)n1. The maximum Gasteiger partial charge on any atom is 0.410 e. The molecule has 6 nitrogen and oxygen atoms in total. The molecule has 2 rings (SSSR count). The van der Waals surface area contributed by atoms with Crippen molar-refractivity contribution in [1.29, 1.82) is 0 Å². The van der Waals surface area contributed by atoms with Crippen LogP contribution in [0.4, 0.5) is 9.18 Å². The van der Waals surface area contributed by atoms with E-state index in [1.807, 2.05) is 0 Å². The molecule has 0 saturated carbocycles. The summed E-state index contributed by atoms with van der Waals surface area (Å²) < 4.78 is 25.0. The molecule has 0 aromatic carbocycles. The quantitative estimate of drug-likeness (QED) is 0.556. The number of carbonyl (C=O) groups is 2. The third-order valence-electron chi connectivity index (χ3n) is 3.99. The second-order valence-corrected chi connectivity index (χ2v) is 7.56. The number of carbonyl (C=O) groups excluding carboxylic acids is 2. The Kier molecular flexibility index (Phi) is 6.09. The first-order valence-electron chi connectivity index (χ1n) is 8.78. The van der Waals surface area contributed by atoms with Crippen molar-refractivity contribution < 1.29 is 23.5 Å². The van der Waals surface area contributed by atoms with Gasteiger partial charge in [0.2, 0.25) is 0 Å². The van der Waals surface area contributed by atoms with Crippen LogP contribution < -0.4 is 0 Å². The van der Waals surface area contributed by atoms with Crippen LogP contribution in [-0.2, 0) is 9.47 Å². The number of likely N-dealkylation sites (tertiary alicyclic amines) is 1. The van der Waals surface area contributed by atoms with Crippen molar-refractivity contribution in [1.82, 2.24) is 9.88 Å². The molecular formula is C20H25FN2O4. The average molecular weight is 376 g/mol. The van der Waals surface area contributed by atoms with Gasteiger partial charge >= 0.3 is 12.1 Å². The number of amides is 1. The number of esters is 1. The Morgan fingerprint density at radius 3 is 2.44 bits per heavy atom. The van der Waals surface area contributed by atoms with Crippen molar-refractivity contribution in [3.8, 4) is 11.8 Å². The number of rotatable bonds is 1. The zero-order valence-corrected chi connectivity index (χ0v) is 16.4. The van der Waals surface area contributed by atoms with Crippen LogP contribution in [0.25, 0.3) is 0 Å². The summed E-state index contributed by atoms with van der Waals surface area (Å²) in [7, 11) is 1.27. The van der Waals surface area contributed by atoms with Gasteiger partial charge in [0.15, 0.2) is 5.67 Å². The molecular weight excluding hydrogens is 351 g/mol. The smallest absolute Gasteiger partial charge is 0.410 e. The number of hydrogen-bond donors (Lipinski definition) is 0. The fraction of sp³-hybridized carbons (Fsp3) is 0.550. The summed E-state index contributed by atoms with van der Waals surface area (Å²) in [4.78, 5) is 29.3. The molecule has 0 atom stereocenters. The molecule has 0 N–H and O–H groups in total. The predicted molar refractivity (Wildman–Crippen MR) is 98.1 cm³/mol. The van der Waals surface area contributed by atoms with Gasteiger partial charge in [-0.2, -0.15) is 0 Å². The topological polar surface area (TPSA) is 68.7 Å². The molecule has 0 unspecified atom stereocenters. The highest BCUT2D eigenvalue weighted by molar-refractivity contribution is 5.87. The molecule has 0 spiro atoms. The van der Waals surface area contributed by atoms with Gasteiger partial charge in [-0.05, 0) is 39.8 Å². The lowest BCUT2D eigenvalue weighted by atomic mass is 9.93. The van der Waals surface area contributed by atoms with Crippen LogP contribution in [0.1, 0.15) is 55.4 Å². The average Bonchev–Trinajstić information content (AvgIpc) is 2.58. The Bertz CT molecular complexity index is 781. The van der Waals surface area contributed by atoms with E-state index < -0.39 is 23.3 Å². The lowest BCUT2D eigenvalue weighted by Gasteiger charge is -2.34. The first kappa shape index (κ1) is 20.7. The molecule has 0 aliphatic carbocycles. The summed E-state index contributed by atoms with van der Waals surface area (Å²) in [5, 5.41) is 0. The summed E-state index contributed by atoms with van der Waals surface area (Å²) in [5.41, 5.74) is -1.06. The minimum Gasteiger partial charge on any atom is -0.464 e. The van der Waals surface area contributed by atoms with Crippen molar-refractivity contribution in [2.24, 2.45) is 0 Å². The van der Waals surface area contributed by atoms with Gasteiger partial charge in [-0.1, -0.05) is 11.8 Å². The monoisotopic (exact) mass is 376 g/mol. The predicted octanol–water partition coefficient (Wildman–Crippen LogP) is 3.27. The molecule has 2 heterocycles. The highest BCUT2D eigenvalue weighted by Crippen LogP contribution is 2.27. The Morgan fingerprint density at radius 2 is 1.89 bits per heavy atom. The number of piperidine rings is 1. The van der Waals surface area contributed by atoms with E-state index in [2.05, 4.69) is 21.6 Å². The number of nitrogens with zero attached hydrogens (tertiary/aromatic N) is 2. The highest BCUT2D eigenvalue weighted by Gasteiger charge is 2.35. The van der Waals surface area contributed by atoms with E-state index in [0.717, 1.165) is 0 Å². The zero-order chi connectivity index (χ0) is 20.2. The summed E-state index contributed by atoms with van der Waals surface area (Å²) in [6.07, 6.45) is -0.231. The van der Waals surface area contributed by atoms with E-state index in [0.29, 0.717) is 11.3 Å². The molecule has 7 heteroatoms. The molecule has 146 valence electrons. The Labute approximate surface area is 159 Å². The number of alkyl halides is 1. The van der Waals surface area contributed by atoms with Crippen molar-refractivity contribution in [3.63, 3.8) is 0 Å². The van der Waals surface area contributed by atoms with Crippen LogP contribution in [0.3, 0.4) is 0 Å². The third kappa shape index (κ3) is 5.95. The standard InChI is InChI=1S/C20H25FN2O4/c1-14-12-15(13-16(22-14)17(24)26-5)6-7-20(21)8-10-23(11-9-20)18(25)27-19(2,3)4/h12-13H,8-11H2,1-5H3. The number of pyridine rings is 1. The van der Waals surface area contributed by atoms with Gasteiger partial charge in [0.05, 0.1) is 7.11 Å². The van der Waals surface area contributed by atoms with Crippen molar-refractivity contribution in [2.45, 2.75) is 51.8 Å². The van der Waals surface area contributed by atoms with Gasteiger partial charge in [0, 0.05) is 37.2 Å². The summed E-state index contributed by atoms with van der Waals surface area (Å²) in [6, 6.07) is 3.16. The van der Waals surface area contributed by atoms with E-state index in [4.69, 9.17) is 4.74 Å². The summed E-state index contributed by atoms with van der Waals surface area (Å²) in [6.45, 7) is 7.57. The van der Waals surface area contributed by atoms with Crippen molar-refractivity contribution in [2.75, 3.05) is 20.2 Å². The zero-order valence-electron chi connectivity index (χ0n) is 16.4. The minimum absolute atomic E-state index is 0.104. The molecule has 0 bridgehead atoms. The van der Waals surface area contributed by atoms with Crippen LogP contribution in [-0.4, -0.2) is 53.4 Å². The minimum atomic E-state index is -1.69. The molecule has 1 amide bonds. The lowest BCUT2D eigenvalue weighted by molar-refractivity contribution is 0.0117. The molecule has 1 aliphatic rings. The summed E-state index contributed by atoms with van der Waals surface area (Å²) in [5.74, 6) is 4.88. The number of aryl methyl sites for hydroxylation is 1. The number of aromatic nitrogens is 1. The molecule has 1 aliphatic heterocycles. The fourth-order valence-electron chi connectivity index (χ4n) is 2.63. The van der Waals surface area contributed by atoms with E-state index in [-0.39, 0.29) is 31.6 Å². The van der Waals surface area contributed by atoms with Gasteiger partial charge in [-0.3, -0.25) is 0 Å². The second kappa shape index (κ2) is 7.95. The third-order valence-corrected chi connectivity index (χ3v) is 3.99. The Balaban J connectivity index is 2.07. The van der Waals surface area contributed by atoms with Gasteiger partial charge in [0.25, 0.3) is 0 Å². The van der Waals surface area contributed by atoms with E-state index in [1.54, 1.807) is 33.8 Å². The Hall–Kier alpha value is -2.62. The molecule has 0 radical (unpaired) electrons. The van der Waals surface area contributed by atoms with Crippen LogP contribution in [0.15, 0.2) is 12.1 Å². The molecule has 1 aromatic heterocycles. The highest BCUT2D eigenvalue weighted by atomic mass is 19.1. The second-order valence-electron chi connectivity index (χ2n) is 7.56. The number of hydrogen-bond acceptors (Lipinski definition) is 5. The van der Waals surface area contributed by atoms with Crippen LogP contribution in [0, 0.1) is 18.8 Å². The van der Waals surface area contributed by atoms with E-state index in [1.165, 1.54) is 18.1 Å². The molecule has 1 aromatic rings. The molecule has 27 heavy (non-hydrogen) atoms. The molecule has 1 saturated heterocycles. The van der Waals surface area contributed by atoms with Crippen LogP contribution >= 0.6 is 0 Å². The number of methoxy groups -OCH3 is 1. The first-order chi connectivity index (χ1) is 12.5. The number of ether oxygens (including phenoxy) is 2. The van der Waals surface area contributed by atoms with Gasteiger partial charge < -0.3 is 14.4 Å². The van der Waals surface area contributed by atoms with Crippen LogP contribution in [0.2, 0.25) is 0 Å². The normalized spacial score (nSPS) is 16.1. The summed E-state index contributed by atoms with van der Waals surface area (Å²) >= 11 is 0. The first-order valence-corrected chi connectivity index (χ1v) is 8.78. The maximum absolute atomic E-state index is 15.0. The number of halogens is 1. The lowest BCUT2D eigenvalue weighted by Crippen LogP contribution is -2.45. The van der Waals surface area contributed by atoms with Gasteiger partial charge in [-0.25, -0.2) is 19.0 Å². The van der Waals surface area contributed by atoms with Crippen molar-refractivity contribution in [3.05, 3.63) is 29.1 Å². The van der Waals surface area contributed by atoms with Gasteiger partial charge in [-0.15, -0.1) is 0 Å². The van der Waals surface area contributed by atoms with E-state index >= 15 is 0 Å². The van der Waals surface area contributed by atoms with Crippen molar-refractivity contribution >= 4 is 12.1 Å². The van der Waals surface area contributed by atoms with Gasteiger partial charge in [0.1, 0.15) is 11.3 Å². The fourth-order valence-corrected chi connectivity index (χ4v) is 2.63. The Morgan fingerprint density at radius 1 is 1.26 bits per heavy atom. The largest absolute Gasteiger partial charge is 0.464 e.